The van der Waals surface area contributed by atoms with Crippen LogP contribution >= 0.6 is 11.3 Å². The van der Waals surface area contributed by atoms with Crippen molar-refractivity contribution < 1.29 is 14.3 Å². The van der Waals surface area contributed by atoms with Gasteiger partial charge in [0.1, 0.15) is 5.00 Å². The van der Waals surface area contributed by atoms with Crippen molar-refractivity contribution in [2.75, 3.05) is 18.2 Å². The summed E-state index contributed by atoms with van der Waals surface area (Å²) in [5, 5.41) is 11.7. The lowest BCUT2D eigenvalue weighted by atomic mass is 10.1. The second-order valence-electron chi connectivity index (χ2n) is 4.43. The Morgan fingerprint density at radius 3 is 2.50 bits per heavy atom. The summed E-state index contributed by atoms with van der Waals surface area (Å²) >= 11 is 1.03. The summed E-state index contributed by atoms with van der Waals surface area (Å²) < 4.78 is 4.66. The van der Waals surface area contributed by atoms with E-state index in [1.807, 2.05) is 6.07 Å². The highest BCUT2D eigenvalue weighted by Gasteiger charge is 2.23. The van der Waals surface area contributed by atoms with Crippen LogP contribution in [0.25, 0.3) is 0 Å². The van der Waals surface area contributed by atoms with Crippen molar-refractivity contribution in [2.45, 2.75) is 6.92 Å². The van der Waals surface area contributed by atoms with Crippen LogP contribution in [0.15, 0.2) is 24.3 Å². The van der Waals surface area contributed by atoms with E-state index in [0.717, 1.165) is 11.3 Å². The number of hydrogen-bond acceptors (Lipinski definition) is 6. The Morgan fingerprint density at radius 1 is 1.32 bits per heavy atom. The van der Waals surface area contributed by atoms with E-state index in [0.29, 0.717) is 21.7 Å². The number of methoxy groups -OCH3 is 1. The summed E-state index contributed by atoms with van der Waals surface area (Å²) in [6.45, 7) is 1.65. The second-order valence-corrected chi connectivity index (χ2v) is 5.48. The number of amides is 1. The average Bonchev–Trinajstić information content (AvgIpc) is 2.82. The van der Waals surface area contributed by atoms with Gasteiger partial charge < -0.3 is 15.8 Å². The smallest absolute Gasteiger partial charge is 0.341 e. The number of rotatable bonds is 3. The molecule has 1 aromatic carbocycles. The molecule has 2 aromatic rings. The van der Waals surface area contributed by atoms with E-state index < -0.39 is 5.97 Å². The number of nitrogens with zero attached hydrogens (tertiary/aromatic N) is 1. The quantitative estimate of drug-likeness (QED) is 0.847. The Labute approximate surface area is 131 Å². The molecule has 1 aromatic heterocycles. The summed E-state index contributed by atoms with van der Waals surface area (Å²) in [7, 11) is 1.26. The first-order chi connectivity index (χ1) is 10.5. The number of nitrogens with one attached hydrogen (secondary N) is 1. The Kier molecular flexibility index (Phi) is 4.44. The van der Waals surface area contributed by atoms with Gasteiger partial charge in [0.05, 0.1) is 29.2 Å². The van der Waals surface area contributed by atoms with E-state index in [4.69, 9.17) is 11.0 Å². The van der Waals surface area contributed by atoms with Crippen molar-refractivity contribution >= 4 is 33.9 Å². The fourth-order valence-electron chi connectivity index (χ4n) is 1.92. The molecule has 0 aliphatic carbocycles. The highest BCUT2D eigenvalue weighted by Crippen LogP contribution is 2.31. The molecule has 0 atom stereocenters. The third-order valence-corrected chi connectivity index (χ3v) is 4.16. The summed E-state index contributed by atoms with van der Waals surface area (Å²) in [5.41, 5.74) is 7.55. The fraction of sp³-hybridized carbons (Fsp3) is 0.133. The zero-order valence-corrected chi connectivity index (χ0v) is 12.8. The molecule has 7 heteroatoms. The SMILES string of the molecule is COC(=O)c1c(N)sc(C(=O)Nc2ccc(C#N)cc2)c1C. The van der Waals surface area contributed by atoms with Gasteiger partial charge in [0.25, 0.3) is 5.91 Å². The number of anilines is 2. The number of benzene rings is 1. The molecule has 0 saturated carbocycles. The number of hydrogen-bond donors (Lipinski definition) is 2. The van der Waals surface area contributed by atoms with Crippen molar-refractivity contribution in [3.8, 4) is 6.07 Å². The highest BCUT2D eigenvalue weighted by atomic mass is 32.1. The first kappa shape index (κ1) is 15.5. The minimum atomic E-state index is -0.566. The summed E-state index contributed by atoms with van der Waals surface area (Å²) in [6.07, 6.45) is 0. The molecule has 0 fully saturated rings. The Bertz CT molecular complexity index is 773. The molecule has 22 heavy (non-hydrogen) atoms. The maximum Gasteiger partial charge on any atom is 0.341 e. The van der Waals surface area contributed by atoms with Crippen LogP contribution in [0.4, 0.5) is 10.7 Å². The largest absolute Gasteiger partial charge is 0.465 e. The lowest BCUT2D eigenvalue weighted by Gasteiger charge is -2.05. The zero-order valence-electron chi connectivity index (χ0n) is 12.0. The number of nitrogen functional groups attached to an aromatic ring is 1. The van der Waals surface area contributed by atoms with Crippen molar-refractivity contribution in [1.82, 2.24) is 0 Å². The number of esters is 1. The van der Waals surface area contributed by atoms with Gasteiger partial charge in [-0.05, 0) is 36.8 Å². The van der Waals surface area contributed by atoms with E-state index in [1.54, 1.807) is 31.2 Å². The summed E-state index contributed by atoms with van der Waals surface area (Å²) in [6, 6.07) is 8.46. The molecule has 0 unspecified atom stereocenters. The van der Waals surface area contributed by atoms with Crippen molar-refractivity contribution in [1.29, 1.82) is 5.26 Å². The van der Waals surface area contributed by atoms with Gasteiger partial charge >= 0.3 is 5.97 Å². The van der Waals surface area contributed by atoms with Crippen LogP contribution in [0.5, 0.6) is 0 Å². The summed E-state index contributed by atoms with van der Waals surface area (Å²) in [4.78, 5) is 24.3. The van der Waals surface area contributed by atoms with Crippen LogP contribution < -0.4 is 11.1 Å². The Morgan fingerprint density at radius 2 is 1.95 bits per heavy atom. The van der Waals surface area contributed by atoms with Gasteiger partial charge in [-0.1, -0.05) is 0 Å². The Balaban J connectivity index is 2.26. The second kappa shape index (κ2) is 6.28. The van der Waals surface area contributed by atoms with Crippen LogP contribution in [0.3, 0.4) is 0 Å². The van der Waals surface area contributed by atoms with Gasteiger partial charge in [-0.25, -0.2) is 4.79 Å². The van der Waals surface area contributed by atoms with Crippen molar-refractivity contribution in [2.24, 2.45) is 0 Å². The van der Waals surface area contributed by atoms with Gasteiger partial charge in [-0.3, -0.25) is 4.79 Å². The molecule has 0 aliphatic rings. The predicted molar refractivity (Wildman–Crippen MR) is 83.9 cm³/mol. The van der Waals surface area contributed by atoms with Crippen LogP contribution in [0.1, 0.15) is 31.2 Å². The van der Waals surface area contributed by atoms with Crippen LogP contribution in [0.2, 0.25) is 0 Å². The number of nitrogens with two attached hydrogens (primary N) is 1. The van der Waals surface area contributed by atoms with Gasteiger partial charge in [0, 0.05) is 5.69 Å². The maximum atomic E-state index is 12.3. The zero-order chi connectivity index (χ0) is 16.3. The van der Waals surface area contributed by atoms with E-state index in [1.165, 1.54) is 7.11 Å². The van der Waals surface area contributed by atoms with E-state index >= 15 is 0 Å². The minimum Gasteiger partial charge on any atom is -0.465 e. The molecule has 0 spiro atoms. The highest BCUT2D eigenvalue weighted by molar-refractivity contribution is 7.18. The summed E-state index contributed by atoms with van der Waals surface area (Å²) in [5.74, 6) is -0.933. The van der Waals surface area contributed by atoms with Crippen LogP contribution in [0, 0.1) is 18.3 Å². The van der Waals surface area contributed by atoms with Gasteiger partial charge in [0.15, 0.2) is 0 Å². The van der Waals surface area contributed by atoms with Crippen molar-refractivity contribution in [3.05, 3.63) is 45.8 Å². The molecule has 112 valence electrons. The van der Waals surface area contributed by atoms with Crippen LogP contribution in [-0.4, -0.2) is 19.0 Å². The lowest BCUT2D eigenvalue weighted by molar-refractivity contribution is 0.0601. The predicted octanol–water partition coefficient (Wildman–Crippen LogP) is 2.55. The normalized spacial score (nSPS) is 9.86. The average molecular weight is 315 g/mol. The molecule has 0 saturated heterocycles. The topological polar surface area (TPSA) is 105 Å². The molecule has 1 amide bonds. The molecular formula is C15H13N3O3S. The molecule has 0 radical (unpaired) electrons. The number of carbonyl (C=O) groups is 2. The maximum absolute atomic E-state index is 12.3. The fourth-order valence-corrected chi connectivity index (χ4v) is 2.88. The monoisotopic (exact) mass is 315 g/mol. The van der Waals surface area contributed by atoms with E-state index in [9.17, 15) is 9.59 Å². The number of nitriles is 1. The third-order valence-electron chi connectivity index (χ3n) is 3.04. The molecular weight excluding hydrogens is 302 g/mol. The third kappa shape index (κ3) is 2.92. The Hall–Kier alpha value is -2.85. The lowest BCUT2D eigenvalue weighted by Crippen LogP contribution is -2.12. The van der Waals surface area contributed by atoms with E-state index in [2.05, 4.69) is 10.1 Å². The van der Waals surface area contributed by atoms with Crippen LogP contribution in [-0.2, 0) is 4.74 Å². The molecule has 0 aliphatic heterocycles. The first-order valence-electron chi connectivity index (χ1n) is 6.26. The molecule has 6 nitrogen and oxygen atoms in total. The number of carbonyl (C=O) groups excluding carboxylic acids is 2. The van der Waals surface area contributed by atoms with Gasteiger partial charge in [-0.15, -0.1) is 11.3 Å². The molecule has 1 heterocycles. The van der Waals surface area contributed by atoms with Gasteiger partial charge in [-0.2, -0.15) is 5.26 Å². The number of thiophene rings is 1. The molecule has 2 rings (SSSR count). The standard InChI is InChI=1S/C15H13N3O3S/c1-8-11(15(20)21-2)13(17)22-12(8)14(19)18-10-5-3-9(7-16)4-6-10/h3-6H,17H2,1-2H3,(H,18,19). The van der Waals surface area contributed by atoms with Gasteiger partial charge in [0.2, 0.25) is 0 Å². The molecule has 0 bridgehead atoms. The van der Waals surface area contributed by atoms with Crippen molar-refractivity contribution in [3.63, 3.8) is 0 Å². The molecule has 3 N–H and O–H groups in total. The minimum absolute atomic E-state index is 0.220. The number of ether oxygens (including phenoxy) is 1. The first-order valence-corrected chi connectivity index (χ1v) is 7.08. The van der Waals surface area contributed by atoms with E-state index in [-0.39, 0.29) is 16.5 Å².